The van der Waals surface area contributed by atoms with Crippen LogP contribution in [0, 0.1) is 6.92 Å². The molecule has 110 valence electrons. The molecular weight excluding hydrogens is 278 g/mol. The van der Waals surface area contributed by atoms with Crippen molar-refractivity contribution in [2.45, 2.75) is 33.6 Å². The summed E-state index contributed by atoms with van der Waals surface area (Å²) in [4.78, 5) is 4.92. The minimum atomic E-state index is 0.358. The number of nitrogens with zero attached hydrogens (tertiary/aromatic N) is 1. The van der Waals surface area contributed by atoms with Crippen LogP contribution in [0.1, 0.15) is 36.2 Å². The van der Waals surface area contributed by atoms with Gasteiger partial charge >= 0.3 is 0 Å². The number of nitrogens with two attached hydrogens (primary N) is 1. The SMILES string of the molecule is CCc1cccc(CC)c1Nc1nc(C)ccc1C(N)=S. The molecule has 0 unspecified atom stereocenters. The number of hydrogen-bond donors (Lipinski definition) is 2. The predicted molar refractivity (Wildman–Crippen MR) is 93.3 cm³/mol. The third-order valence-corrected chi connectivity index (χ3v) is 3.76. The number of rotatable bonds is 5. The van der Waals surface area contributed by atoms with Gasteiger partial charge in [0.15, 0.2) is 0 Å². The molecule has 0 aliphatic rings. The van der Waals surface area contributed by atoms with Crippen molar-refractivity contribution >= 4 is 28.7 Å². The molecule has 1 aromatic heterocycles. The fourth-order valence-electron chi connectivity index (χ4n) is 2.37. The summed E-state index contributed by atoms with van der Waals surface area (Å²) in [6.45, 7) is 6.26. The van der Waals surface area contributed by atoms with Crippen LogP contribution < -0.4 is 11.1 Å². The fourth-order valence-corrected chi connectivity index (χ4v) is 2.54. The lowest BCUT2D eigenvalue weighted by Gasteiger charge is -2.17. The molecule has 0 aliphatic carbocycles. The zero-order valence-electron chi connectivity index (χ0n) is 12.7. The Morgan fingerprint density at radius 1 is 1.14 bits per heavy atom. The van der Waals surface area contributed by atoms with Gasteiger partial charge in [0.25, 0.3) is 0 Å². The summed E-state index contributed by atoms with van der Waals surface area (Å²) in [5.74, 6) is 0.734. The highest BCUT2D eigenvalue weighted by Gasteiger charge is 2.12. The number of benzene rings is 1. The summed E-state index contributed by atoms with van der Waals surface area (Å²) in [7, 11) is 0. The number of aryl methyl sites for hydroxylation is 3. The summed E-state index contributed by atoms with van der Waals surface area (Å²) in [5.41, 5.74) is 11.2. The largest absolute Gasteiger partial charge is 0.389 e. The van der Waals surface area contributed by atoms with Crippen molar-refractivity contribution < 1.29 is 0 Å². The molecule has 1 aromatic carbocycles. The second kappa shape index (κ2) is 6.68. The number of aromatic nitrogens is 1. The van der Waals surface area contributed by atoms with Crippen molar-refractivity contribution in [2.24, 2.45) is 5.73 Å². The van der Waals surface area contributed by atoms with E-state index >= 15 is 0 Å². The molecule has 0 fully saturated rings. The second-order valence-corrected chi connectivity index (χ2v) is 5.44. The van der Waals surface area contributed by atoms with Gasteiger partial charge in [0.05, 0.1) is 5.56 Å². The average molecular weight is 299 g/mol. The van der Waals surface area contributed by atoms with Gasteiger partial charge < -0.3 is 11.1 Å². The molecule has 0 saturated carbocycles. The van der Waals surface area contributed by atoms with Gasteiger partial charge in [-0.15, -0.1) is 0 Å². The molecule has 4 heteroatoms. The van der Waals surface area contributed by atoms with Crippen LogP contribution >= 0.6 is 12.2 Å². The van der Waals surface area contributed by atoms with Gasteiger partial charge in [-0.3, -0.25) is 0 Å². The molecule has 2 rings (SSSR count). The maximum atomic E-state index is 5.81. The van der Waals surface area contributed by atoms with E-state index in [0.717, 1.165) is 35.6 Å². The fraction of sp³-hybridized carbons (Fsp3) is 0.294. The van der Waals surface area contributed by atoms with Gasteiger partial charge in [-0.25, -0.2) is 4.98 Å². The van der Waals surface area contributed by atoms with Gasteiger partial charge in [0.2, 0.25) is 0 Å². The first-order valence-corrected chi connectivity index (χ1v) is 7.62. The van der Waals surface area contributed by atoms with Gasteiger partial charge in [0.1, 0.15) is 10.8 Å². The van der Waals surface area contributed by atoms with E-state index in [-0.39, 0.29) is 0 Å². The Hall–Kier alpha value is -1.94. The van der Waals surface area contributed by atoms with Crippen molar-refractivity contribution in [2.75, 3.05) is 5.32 Å². The van der Waals surface area contributed by atoms with Crippen molar-refractivity contribution in [3.05, 3.63) is 52.7 Å². The van der Waals surface area contributed by atoms with Crippen LogP contribution in [-0.4, -0.2) is 9.97 Å². The van der Waals surface area contributed by atoms with E-state index in [1.165, 1.54) is 11.1 Å². The maximum Gasteiger partial charge on any atom is 0.140 e. The van der Waals surface area contributed by atoms with E-state index in [4.69, 9.17) is 18.0 Å². The van der Waals surface area contributed by atoms with Crippen LogP contribution in [0.15, 0.2) is 30.3 Å². The first kappa shape index (κ1) is 15.4. The lowest BCUT2D eigenvalue weighted by molar-refractivity contribution is 1.08. The maximum absolute atomic E-state index is 5.81. The second-order valence-electron chi connectivity index (χ2n) is 5.00. The van der Waals surface area contributed by atoms with Crippen molar-refractivity contribution in [3.63, 3.8) is 0 Å². The highest BCUT2D eigenvalue weighted by Crippen LogP contribution is 2.27. The first-order chi connectivity index (χ1) is 10.1. The molecule has 0 aliphatic heterocycles. The molecule has 21 heavy (non-hydrogen) atoms. The van der Waals surface area contributed by atoms with Gasteiger partial charge in [-0.05, 0) is 43.0 Å². The van der Waals surface area contributed by atoms with Crippen LogP contribution in [0.4, 0.5) is 11.5 Å². The van der Waals surface area contributed by atoms with Crippen molar-refractivity contribution in [3.8, 4) is 0 Å². The van der Waals surface area contributed by atoms with Crippen LogP contribution in [0.3, 0.4) is 0 Å². The number of para-hydroxylation sites is 1. The molecule has 3 nitrogen and oxygen atoms in total. The van der Waals surface area contributed by atoms with Crippen LogP contribution in [0.2, 0.25) is 0 Å². The highest BCUT2D eigenvalue weighted by atomic mass is 32.1. The predicted octanol–water partition coefficient (Wildman–Crippen LogP) is 3.89. The molecule has 3 N–H and O–H groups in total. The standard InChI is InChI=1S/C17H21N3S/c1-4-12-7-6-8-13(5-2)15(12)20-17-14(16(18)21)10-9-11(3)19-17/h6-10H,4-5H2,1-3H3,(H2,18,21)(H,19,20). The molecule has 2 aromatic rings. The van der Waals surface area contributed by atoms with Crippen LogP contribution in [-0.2, 0) is 12.8 Å². The van der Waals surface area contributed by atoms with E-state index in [0.29, 0.717) is 4.99 Å². The van der Waals surface area contributed by atoms with E-state index in [1.807, 2.05) is 19.1 Å². The van der Waals surface area contributed by atoms with Crippen molar-refractivity contribution in [1.29, 1.82) is 0 Å². The Balaban J connectivity index is 2.52. The summed E-state index contributed by atoms with van der Waals surface area (Å²) < 4.78 is 0. The Morgan fingerprint density at radius 3 is 2.29 bits per heavy atom. The molecule has 0 atom stereocenters. The lowest BCUT2D eigenvalue weighted by Crippen LogP contribution is -2.14. The summed E-state index contributed by atoms with van der Waals surface area (Å²) in [6, 6.07) is 10.2. The van der Waals surface area contributed by atoms with E-state index in [2.05, 4.69) is 42.3 Å². The zero-order chi connectivity index (χ0) is 15.4. The zero-order valence-corrected chi connectivity index (χ0v) is 13.6. The molecule has 0 amide bonds. The normalized spacial score (nSPS) is 10.4. The third-order valence-electron chi connectivity index (χ3n) is 3.54. The molecule has 0 bridgehead atoms. The highest BCUT2D eigenvalue weighted by molar-refractivity contribution is 7.80. The molecule has 0 radical (unpaired) electrons. The Morgan fingerprint density at radius 2 is 1.76 bits per heavy atom. The Labute approximate surface area is 131 Å². The Kier molecular flexibility index (Phi) is 4.91. The van der Waals surface area contributed by atoms with Crippen LogP contribution in [0.5, 0.6) is 0 Å². The number of anilines is 2. The molecule has 1 heterocycles. The summed E-state index contributed by atoms with van der Waals surface area (Å²) in [6.07, 6.45) is 1.93. The molecule has 0 spiro atoms. The summed E-state index contributed by atoms with van der Waals surface area (Å²) in [5, 5.41) is 3.46. The number of thiocarbonyl (C=S) groups is 1. The molecular formula is C17H21N3S. The number of hydrogen-bond acceptors (Lipinski definition) is 3. The lowest BCUT2D eigenvalue weighted by atomic mass is 10.0. The average Bonchev–Trinajstić information content (AvgIpc) is 2.47. The van der Waals surface area contributed by atoms with Gasteiger partial charge in [0, 0.05) is 11.4 Å². The third kappa shape index (κ3) is 3.39. The monoisotopic (exact) mass is 299 g/mol. The summed E-state index contributed by atoms with van der Waals surface area (Å²) >= 11 is 5.13. The van der Waals surface area contributed by atoms with E-state index in [9.17, 15) is 0 Å². The van der Waals surface area contributed by atoms with E-state index in [1.54, 1.807) is 0 Å². The van der Waals surface area contributed by atoms with Gasteiger partial charge in [-0.1, -0.05) is 44.3 Å². The smallest absolute Gasteiger partial charge is 0.140 e. The minimum absolute atomic E-state index is 0.358. The quantitative estimate of drug-likeness (QED) is 0.822. The topological polar surface area (TPSA) is 50.9 Å². The first-order valence-electron chi connectivity index (χ1n) is 7.22. The number of nitrogens with one attached hydrogen (secondary N) is 1. The Bertz CT molecular complexity index is 643. The van der Waals surface area contributed by atoms with Crippen molar-refractivity contribution in [1.82, 2.24) is 4.98 Å². The number of pyridine rings is 1. The molecule has 0 saturated heterocycles. The van der Waals surface area contributed by atoms with E-state index < -0.39 is 0 Å². The minimum Gasteiger partial charge on any atom is -0.389 e. The van der Waals surface area contributed by atoms with Gasteiger partial charge in [-0.2, -0.15) is 0 Å². The van der Waals surface area contributed by atoms with Crippen LogP contribution in [0.25, 0.3) is 0 Å².